The van der Waals surface area contributed by atoms with Gasteiger partial charge in [0.2, 0.25) is 0 Å². The predicted octanol–water partition coefficient (Wildman–Crippen LogP) is 3.45. The Morgan fingerprint density at radius 2 is 2.25 bits per heavy atom. The van der Waals surface area contributed by atoms with Crippen molar-refractivity contribution < 1.29 is 4.79 Å². The molecular formula is C17H18N2O. The minimum absolute atomic E-state index is 0.0477. The smallest absolute Gasteiger partial charge is 0.169 e. The van der Waals surface area contributed by atoms with Gasteiger partial charge in [0.25, 0.3) is 0 Å². The van der Waals surface area contributed by atoms with E-state index in [2.05, 4.69) is 11.5 Å². The van der Waals surface area contributed by atoms with Gasteiger partial charge in [-0.15, -0.1) is 6.58 Å². The molecule has 3 heteroatoms. The van der Waals surface area contributed by atoms with E-state index < -0.39 is 0 Å². The number of carbonyl (C=O) groups is 1. The summed E-state index contributed by atoms with van der Waals surface area (Å²) in [5.41, 5.74) is 1.68. The highest BCUT2D eigenvalue weighted by molar-refractivity contribution is 6.05. The second-order valence-corrected chi connectivity index (χ2v) is 5.34. The third kappa shape index (κ3) is 2.09. The summed E-state index contributed by atoms with van der Waals surface area (Å²) in [7, 11) is 0. The number of pyridine rings is 1. The number of nitrogens with zero attached hydrogens (tertiary/aromatic N) is 2. The average molecular weight is 266 g/mol. The van der Waals surface area contributed by atoms with Crippen LogP contribution in [0, 0.1) is 5.92 Å². The molecule has 0 fully saturated rings. The Morgan fingerprint density at radius 3 is 3.05 bits per heavy atom. The van der Waals surface area contributed by atoms with E-state index >= 15 is 0 Å². The number of carbonyl (C=O) groups excluding carboxylic acids is 1. The number of para-hydroxylation sites is 1. The number of ketones is 1. The molecule has 1 aromatic heterocycles. The van der Waals surface area contributed by atoms with Crippen molar-refractivity contribution in [1.82, 2.24) is 4.98 Å². The topological polar surface area (TPSA) is 33.2 Å². The molecule has 0 N–H and O–H groups in total. The number of rotatable bonds is 2. The minimum Gasteiger partial charge on any atom is -0.352 e. The third-order valence-electron chi connectivity index (χ3n) is 3.90. The molecule has 1 aliphatic rings. The van der Waals surface area contributed by atoms with Crippen LogP contribution < -0.4 is 4.90 Å². The molecular weight excluding hydrogens is 248 g/mol. The van der Waals surface area contributed by atoms with Crippen molar-refractivity contribution in [2.75, 3.05) is 18.0 Å². The average Bonchev–Trinajstić information content (AvgIpc) is 2.58. The SMILES string of the molecule is C=CCN1CCC(C)C(=O)c2cc3ccccc3nc21. The van der Waals surface area contributed by atoms with Crippen LogP contribution in [0.15, 0.2) is 43.0 Å². The molecule has 0 radical (unpaired) electrons. The fourth-order valence-corrected chi connectivity index (χ4v) is 2.71. The lowest BCUT2D eigenvalue weighted by Crippen LogP contribution is -2.25. The van der Waals surface area contributed by atoms with Crippen molar-refractivity contribution in [3.05, 3.63) is 48.6 Å². The van der Waals surface area contributed by atoms with Gasteiger partial charge in [-0.1, -0.05) is 31.2 Å². The van der Waals surface area contributed by atoms with E-state index in [-0.39, 0.29) is 11.7 Å². The van der Waals surface area contributed by atoms with E-state index in [0.717, 1.165) is 41.8 Å². The second-order valence-electron chi connectivity index (χ2n) is 5.34. The molecule has 1 aromatic carbocycles. The Bertz CT molecular complexity index is 678. The van der Waals surface area contributed by atoms with Crippen LogP contribution >= 0.6 is 0 Å². The maximum absolute atomic E-state index is 12.5. The summed E-state index contributed by atoms with van der Waals surface area (Å²) in [5.74, 6) is 1.05. The van der Waals surface area contributed by atoms with E-state index in [1.807, 2.05) is 43.3 Å². The zero-order valence-corrected chi connectivity index (χ0v) is 11.7. The third-order valence-corrected chi connectivity index (χ3v) is 3.90. The maximum Gasteiger partial charge on any atom is 0.169 e. The first-order valence-corrected chi connectivity index (χ1v) is 7.00. The highest BCUT2D eigenvalue weighted by Crippen LogP contribution is 2.30. The summed E-state index contributed by atoms with van der Waals surface area (Å²) in [6.07, 6.45) is 2.72. The standard InChI is InChI=1S/C17H18N2O/c1-3-9-19-10-8-12(2)16(20)14-11-13-6-4-5-7-15(13)18-17(14)19/h3-7,11-12H,1,8-10H2,2H3. The summed E-state index contributed by atoms with van der Waals surface area (Å²) in [4.78, 5) is 19.4. The Hall–Kier alpha value is -2.16. The van der Waals surface area contributed by atoms with Crippen LogP contribution in [0.3, 0.4) is 0 Å². The molecule has 0 bridgehead atoms. The van der Waals surface area contributed by atoms with Gasteiger partial charge in [0.05, 0.1) is 11.1 Å². The molecule has 0 saturated heterocycles. The van der Waals surface area contributed by atoms with Gasteiger partial charge in [-0.05, 0) is 18.6 Å². The Balaban J connectivity index is 2.23. The lowest BCUT2D eigenvalue weighted by molar-refractivity contribution is 0.0929. The maximum atomic E-state index is 12.5. The number of fused-ring (bicyclic) bond motifs is 2. The highest BCUT2D eigenvalue weighted by Gasteiger charge is 2.27. The molecule has 20 heavy (non-hydrogen) atoms. The zero-order valence-electron chi connectivity index (χ0n) is 11.7. The Kier molecular flexibility index (Phi) is 3.26. The van der Waals surface area contributed by atoms with Gasteiger partial charge in [-0.25, -0.2) is 4.98 Å². The van der Waals surface area contributed by atoms with E-state index in [0.29, 0.717) is 0 Å². The van der Waals surface area contributed by atoms with Crippen LogP contribution in [0.5, 0.6) is 0 Å². The highest BCUT2D eigenvalue weighted by atomic mass is 16.1. The number of hydrogen-bond acceptors (Lipinski definition) is 3. The molecule has 0 amide bonds. The summed E-state index contributed by atoms with van der Waals surface area (Å²) in [6, 6.07) is 9.92. The molecule has 0 spiro atoms. The minimum atomic E-state index is 0.0477. The zero-order chi connectivity index (χ0) is 14.1. The molecule has 0 saturated carbocycles. The lowest BCUT2D eigenvalue weighted by Gasteiger charge is -2.22. The lowest BCUT2D eigenvalue weighted by atomic mass is 9.97. The van der Waals surface area contributed by atoms with Crippen molar-refractivity contribution in [2.24, 2.45) is 5.92 Å². The van der Waals surface area contributed by atoms with Gasteiger partial charge < -0.3 is 4.90 Å². The normalized spacial score (nSPS) is 18.8. The van der Waals surface area contributed by atoms with Crippen molar-refractivity contribution >= 4 is 22.5 Å². The van der Waals surface area contributed by atoms with Crippen LogP contribution in [0.25, 0.3) is 10.9 Å². The van der Waals surface area contributed by atoms with Crippen LogP contribution in [-0.2, 0) is 0 Å². The summed E-state index contributed by atoms with van der Waals surface area (Å²) < 4.78 is 0. The number of benzene rings is 1. The molecule has 3 nitrogen and oxygen atoms in total. The number of hydrogen-bond donors (Lipinski definition) is 0. The van der Waals surface area contributed by atoms with E-state index in [1.165, 1.54) is 0 Å². The molecule has 102 valence electrons. The molecule has 1 atom stereocenters. The van der Waals surface area contributed by atoms with Crippen molar-refractivity contribution in [2.45, 2.75) is 13.3 Å². The first-order valence-electron chi connectivity index (χ1n) is 7.00. The van der Waals surface area contributed by atoms with Crippen LogP contribution in [0.2, 0.25) is 0 Å². The van der Waals surface area contributed by atoms with Gasteiger partial charge >= 0.3 is 0 Å². The molecule has 2 heterocycles. The first-order chi connectivity index (χ1) is 9.70. The van der Waals surface area contributed by atoms with Crippen LogP contribution in [-0.4, -0.2) is 23.9 Å². The van der Waals surface area contributed by atoms with Crippen LogP contribution in [0.4, 0.5) is 5.82 Å². The number of anilines is 1. The van der Waals surface area contributed by atoms with Crippen molar-refractivity contribution in [3.63, 3.8) is 0 Å². The molecule has 1 aliphatic heterocycles. The van der Waals surface area contributed by atoms with Gasteiger partial charge in [0.1, 0.15) is 5.82 Å². The predicted molar refractivity (Wildman–Crippen MR) is 82.3 cm³/mol. The van der Waals surface area contributed by atoms with Crippen LogP contribution in [0.1, 0.15) is 23.7 Å². The summed E-state index contributed by atoms with van der Waals surface area (Å²) in [5, 5.41) is 1.02. The molecule has 3 rings (SSSR count). The molecule has 1 unspecified atom stereocenters. The number of aromatic nitrogens is 1. The quantitative estimate of drug-likeness (QED) is 0.781. The fourth-order valence-electron chi connectivity index (χ4n) is 2.71. The molecule has 0 aliphatic carbocycles. The van der Waals surface area contributed by atoms with Crippen molar-refractivity contribution in [1.29, 1.82) is 0 Å². The summed E-state index contributed by atoms with van der Waals surface area (Å²) >= 11 is 0. The van der Waals surface area contributed by atoms with Crippen molar-refractivity contribution in [3.8, 4) is 0 Å². The van der Waals surface area contributed by atoms with Gasteiger partial charge in [0, 0.05) is 24.4 Å². The Morgan fingerprint density at radius 1 is 1.45 bits per heavy atom. The monoisotopic (exact) mass is 266 g/mol. The van der Waals surface area contributed by atoms with Gasteiger partial charge in [-0.2, -0.15) is 0 Å². The van der Waals surface area contributed by atoms with E-state index in [1.54, 1.807) is 0 Å². The molecule has 2 aromatic rings. The number of Topliss-reactive ketones (excluding diaryl/α,β-unsaturated/α-hetero) is 1. The summed E-state index contributed by atoms with van der Waals surface area (Å²) in [6.45, 7) is 7.37. The fraction of sp³-hybridized carbons (Fsp3) is 0.294. The Labute approximate surface area is 118 Å². The van der Waals surface area contributed by atoms with E-state index in [9.17, 15) is 4.79 Å². The largest absolute Gasteiger partial charge is 0.352 e. The first kappa shape index (κ1) is 12.9. The van der Waals surface area contributed by atoms with Gasteiger partial charge in [-0.3, -0.25) is 4.79 Å². The second kappa shape index (κ2) is 5.08. The van der Waals surface area contributed by atoms with Gasteiger partial charge in [0.15, 0.2) is 5.78 Å². The van der Waals surface area contributed by atoms with E-state index in [4.69, 9.17) is 4.98 Å².